The number of thioether (sulfide) groups is 2. The van der Waals surface area contributed by atoms with Crippen molar-refractivity contribution in [3.63, 3.8) is 0 Å². The molecule has 0 N–H and O–H groups in total. The zero-order chi connectivity index (χ0) is 11.9. The van der Waals surface area contributed by atoms with E-state index >= 15 is 0 Å². The lowest BCUT2D eigenvalue weighted by molar-refractivity contribution is 0.344. The van der Waals surface area contributed by atoms with Crippen LogP contribution in [0.4, 0.5) is 0 Å². The summed E-state index contributed by atoms with van der Waals surface area (Å²) in [5, 5.41) is 8.13. The van der Waals surface area contributed by atoms with Gasteiger partial charge in [-0.1, -0.05) is 53.1 Å². The molecule has 0 spiro atoms. The number of rotatable bonds is 6. The Balaban J connectivity index is 1.69. The highest BCUT2D eigenvalue weighted by Crippen LogP contribution is 2.27. The second kappa shape index (κ2) is 6.88. The maximum Gasteiger partial charge on any atom is 0.175 e. The maximum absolute atomic E-state index is 5.59. The van der Waals surface area contributed by atoms with E-state index in [4.69, 9.17) is 4.74 Å². The molecule has 2 rings (SSSR count). The van der Waals surface area contributed by atoms with E-state index < -0.39 is 0 Å². The summed E-state index contributed by atoms with van der Waals surface area (Å²) in [6, 6.07) is 9.84. The van der Waals surface area contributed by atoms with Crippen LogP contribution in [0.15, 0.2) is 39.0 Å². The highest BCUT2D eigenvalue weighted by atomic mass is 32.2. The molecule has 0 unspecified atom stereocenters. The lowest BCUT2D eigenvalue weighted by atomic mass is 10.3. The molecule has 0 amide bonds. The molecule has 0 fully saturated rings. The second-order valence-corrected chi connectivity index (χ2v) is 6.42. The number of ether oxygens (including phenoxy) is 1. The van der Waals surface area contributed by atoms with E-state index in [-0.39, 0.29) is 0 Å². The van der Waals surface area contributed by atoms with E-state index in [0.717, 1.165) is 20.2 Å². The van der Waals surface area contributed by atoms with E-state index in [1.807, 2.05) is 36.6 Å². The van der Waals surface area contributed by atoms with Gasteiger partial charge in [-0.05, 0) is 18.4 Å². The van der Waals surface area contributed by atoms with Crippen molar-refractivity contribution in [3.8, 4) is 5.75 Å². The molecule has 0 aliphatic rings. The van der Waals surface area contributed by atoms with Crippen molar-refractivity contribution in [1.29, 1.82) is 0 Å². The van der Waals surface area contributed by atoms with Crippen LogP contribution in [0.3, 0.4) is 0 Å². The first kappa shape index (κ1) is 12.7. The van der Waals surface area contributed by atoms with Crippen molar-refractivity contribution in [2.45, 2.75) is 8.68 Å². The van der Waals surface area contributed by atoms with Crippen molar-refractivity contribution in [1.82, 2.24) is 10.2 Å². The first-order valence-electron chi connectivity index (χ1n) is 5.06. The van der Waals surface area contributed by atoms with E-state index in [1.54, 1.807) is 34.9 Å². The Hall–Kier alpha value is -0.720. The third-order valence-electron chi connectivity index (χ3n) is 1.88. The normalized spacial score (nSPS) is 10.4. The summed E-state index contributed by atoms with van der Waals surface area (Å²) in [6.07, 6.45) is 2.01. The lowest BCUT2D eigenvalue weighted by Crippen LogP contribution is -1.99. The van der Waals surface area contributed by atoms with Crippen LogP contribution < -0.4 is 4.74 Å². The molecule has 0 saturated heterocycles. The Morgan fingerprint density at radius 3 is 2.65 bits per heavy atom. The first-order chi connectivity index (χ1) is 8.38. The molecule has 17 heavy (non-hydrogen) atoms. The second-order valence-electron chi connectivity index (χ2n) is 3.05. The van der Waals surface area contributed by atoms with Crippen molar-refractivity contribution < 1.29 is 4.74 Å². The molecule has 6 heteroatoms. The van der Waals surface area contributed by atoms with E-state index in [0.29, 0.717) is 6.61 Å². The van der Waals surface area contributed by atoms with Gasteiger partial charge in [0.1, 0.15) is 5.75 Å². The number of benzene rings is 1. The van der Waals surface area contributed by atoms with Gasteiger partial charge in [0, 0.05) is 5.75 Å². The number of hydrogen-bond acceptors (Lipinski definition) is 6. The highest BCUT2D eigenvalue weighted by Gasteiger charge is 2.03. The van der Waals surface area contributed by atoms with Gasteiger partial charge in [0.25, 0.3) is 0 Å². The average molecular weight is 284 g/mol. The predicted octanol–water partition coefficient (Wildman–Crippen LogP) is 3.43. The Morgan fingerprint density at radius 1 is 1.18 bits per heavy atom. The molecule has 0 saturated carbocycles. The summed E-state index contributed by atoms with van der Waals surface area (Å²) < 4.78 is 7.61. The van der Waals surface area contributed by atoms with Crippen LogP contribution >= 0.6 is 34.9 Å². The van der Waals surface area contributed by atoms with Crippen LogP contribution in [0.2, 0.25) is 0 Å². The zero-order valence-electron chi connectivity index (χ0n) is 9.33. The van der Waals surface area contributed by atoms with Gasteiger partial charge >= 0.3 is 0 Å². The van der Waals surface area contributed by atoms with Gasteiger partial charge in [-0.15, -0.1) is 10.2 Å². The summed E-state index contributed by atoms with van der Waals surface area (Å²) in [5.41, 5.74) is 0. The Labute approximate surface area is 113 Å². The largest absolute Gasteiger partial charge is 0.493 e. The van der Waals surface area contributed by atoms with Crippen LogP contribution in [0, 0.1) is 0 Å². The van der Waals surface area contributed by atoms with Crippen LogP contribution in [0.25, 0.3) is 0 Å². The SMILES string of the molecule is CSc1nnc(SCCOc2ccccc2)s1. The van der Waals surface area contributed by atoms with E-state index in [1.165, 1.54) is 0 Å². The average Bonchev–Trinajstić information content (AvgIpc) is 2.84. The lowest BCUT2D eigenvalue weighted by Gasteiger charge is -2.03. The quantitative estimate of drug-likeness (QED) is 0.600. The van der Waals surface area contributed by atoms with Gasteiger partial charge in [-0.3, -0.25) is 0 Å². The summed E-state index contributed by atoms with van der Waals surface area (Å²) in [6.45, 7) is 0.683. The van der Waals surface area contributed by atoms with Gasteiger partial charge in [0.15, 0.2) is 8.68 Å². The predicted molar refractivity (Wildman–Crippen MR) is 74.4 cm³/mol. The zero-order valence-corrected chi connectivity index (χ0v) is 11.8. The Kier molecular flexibility index (Phi) is 5.15. The molecule has 0 radical (unpaired) electrons. The topological polar surface area (TPSA) is 35.0 Å². The molecular weight excluding hydrogens is 272 g/mol. The summed E-state index contributed by atoms with van der Waals surface area (Å²) in [4.78, 5) is 0. The van der Waals surface area contributed by atoms with E-state index in [9.17, 15) is 0 Å². The monoisotopic (exact) mass is 284 g/mol. The van der Waals surface area contributed by atoms with Gasteiger partial charge in [-0.25, -0.2) is 0 Å². The Bertz CT molecular complexity index is 447. The third-order valence-corrected chi connectivity index (χ3v) is 4.88. The van der Waals surface area contributed by atoms with Gasteiger partial charge in [-0.2, -0.15) is 0 Å². The third kappa shape index (κ3) is 4.22. The molecule has 0 aliphatic carbocycles. The minimum Gasteiger partial charge on any atom is -0.493 e. The van der Waals surface area contributed by atoms with E-state index in [2.05, 4.69) is 10.2 Å². The molecule has 1 aromatic carbocycles. The van der Waals surface area contributed by atoms with Crippen LogP contribution in [0.1, 0.15) is 0 Å². The minimum absolute atomic E-state index is 0.683. The van der Waals surface area contributed by atoms with Crippen molar-refractivity contribution in [3.05, 3.63) is 30.3 Å². The molecule has 90 valence electrons. The molecule has 1 aromatic heterocycles. The summed E-state index contributed by atoms with van der Waals surface area (Å²) in [5.74, 6) is 1.80. The molecular formula is C11H12N2OS3. The Morgan fingerprint density at radius 2 is 1.94 bits per heavy atom. The minimum atomic E-state index is 0.683. The summed E-state index contributed by atoms with van der Waals surface area (Å²) in [7, 11) is 0. The van der Waals surface area contributed by atoms with Crippen LogP contribution in [-0.2, 0) is 0 Å². The first-order valence-corrected chi connectivity index (χ1v) is 8.09. The highest BCUT2D eigenvalue weighted by molar-refractivity contribution is 8.02. The smallest absolute Gasteiger partial charge is 0.175 e. The van der Waals surface area contributed by atoms with Crippen molar-refractivity contribution >= 4 is 34.9 Å². The number of para-hydroxylation sites is 1. The molecule has 2 aromatic rings. The standard InChI is InChI=1S/C11H12N2OS3/c1-15-10-12-13-11(17-10)16-8-7-14-9-5-3-2-4-6-9/h2-6H,7-8H2,1H3. The molecule has 0 bridgehead atoms. The molecule has 0 aliphatic heterocycles. The fourth-order valence-electron chi connectivity index (χ4n) is 1.14. The van der Waals surface area contributed by atoms with Crippen LogP contribution in [0.5, 0.6) is 5.75 Å². The van der Waals surface area contributed by atoms with Gasteiger partial charge in [0.2, 0.25) is 0 Å². The number of nitrogens with zero attached hydrogens (tertiary/aromatic N) is 2. The van der Waals surface area contributed by atoms with Gasteiger partial charge < -0.3 is 4.74 Å². The summed E-state index contributed by atoms with van der Waals surface area (Å²) >= 11 is 4.94. The maximum atomic E-state index is 5.59. The van der Waals surface area contributed by atoms with Crippen molar-refractivity contribution in [2.75, 3.05) is 18.6 Å². The van der Waals surface area contributed by atoms with Gasteiger partial charge in [0.05, 0.1) is 6.61 Å². The number of hydrogen-bond donors (Lipinski definition) is 0. The van der Waals surface area contributed by atoms with Crippen LogP contribution in [-0.4, -0.2) is 28.8 Å². The molecule has 3 nitrogen and oxygen atoms in total. The van der Waals surface area contributed by atoms with Crippen molar-refractivity contribution in [2.24, 2.45) is 0 Å². The number of aromatic nitrogens is 2. The molecule has 1 heterocycles. The molecule has 0 atom stereocenters. The fourth-order valence-corrected chi connectivity index (χ4v) is 3.47. The fraction of sp³-hybridized carbons (Fsp3) is 0.273.